The zero-order valence-electron chi connectivity index (χ0n) is 10.2. The normalized spacial score (nSPS) is 10.5. The first-order chi connectivity index (χ1) is 8.74. The van der Waals surface area contributed by atoms with E-state index in [9.17, 15) is 4.79 Å². The van der Waals surface area contributed by atoms with Crippen molar-refractivity contribution >= 4 is 23.2 Å². The summed E-state index contributed by atoms with van der Waals surface area (Å²) in [6, 6.07) is 3.83. The fraction of sp³-hybridized carbons (Fsp3) is 0.308. The predicted octanol–water partition coefficient (Wildman–Crippen LogP) is 1.99. The molecule has 18 heavy (non-hydrogen) atoms. The maximum atomic E-state index is 11.3. The highest BCUT2D eigenvalue weighted by atomic mass is 16.5. The van der Waals surface area contributed by atoms with E-state index < -0.39 is 0 Å². The SMILES string of the molecule is CCOC(=O)CCn1ccc2cc(C=N)cnc21. The molecule has 94 valence electrons. The molecule has 0 atom stereocenters. The highest BCUT2D eigenvalue weighted by Gasteiger charge is 2.06. The van der Waals surface area contributed by atoms with E-state index in [2.05, 4.69) is 4.98 Å². The van der Waals surface area contributed by atoms with E-state index >= 15 is 0 Å². The van der Waals surface area contributed by atoms with Gasteiger partial charge in [-0.05, 0) is 19.1 Å². The molecule has 2 aromatic heterocycles. The number of aryl methyl sites for hydroxylation is 1. The van der Waals surface area contributed by atoms with Gasteiger partial charge in [-0.2, -0.15) is 0 Å². The third-order valence-corrected chi connectivity index (χ3v) is 2.65. The number of hydrogen-bond donors (Lipinski definition) is 1. The number of nitrogens with one attached hydrogen (secondary N) is 1. The number of ether oxygens (including phenoxy) is 1. The van der Waals surface area contributed by atoms with Gasteiger partial charge in [0.15, 0.2) is 0 Å². The molecule has 0 bridgehead atoms. The fourth-order valence-electron chi connectivity index (χ4n) is 1.80. The summed E-state index contributed by atoms with van der Waals surface area (Å²) in [5.41, 5.74) is 1.59. The van der Waals surface area contributed by atoms with Crippen molar-refractivity contribution < 1.29 is 9.53 Å². The molecular weight excluding hydrogens is 230 g/mol. The van der Waals surface area contributed by atoms with Gasteiger partial charge in [0, 0.05) is 36.1 Å². The van der Waals surface area contributed by atoms with E-state index in [0.29, 0.717) is 19.6 Å². The predicted molar refractivity (Wildman–Crippen MR) is 68.9 cm³/mol. The summed E-state index contributed by atoms with van der Waals surface area (Å²) in [5, 5.41) is 8.15. The number of carbonyl (C=O) groups is 1. The van der Waals surface area contributed by atoms with Gasteiger partial charge in [0.2, 0.25) is 0 Å². The summed E-state index contributed by atoms with van der Waals surface area (Å²) in [6.07, 6.45) is 5.15. The number of esters is 1. The zero-order chi connectivity index (χ0) is 13.0. The van der Waals surface area contributed by atoms with E-state index in [0.717, 1.165) is 16.6 Å². The van der Waals surface area contributed by atoms with Crippen LogP contribution in [0.4, 0.5) is 0 Å². The molecule has 0 saturated carbocycles. The number of rotatable bonds is 5. The van der Waals surface area contributed by atoms with Crippen LogP contribution in [0.15, 0.2) is 24.5 Å². The van der Waals surface area contributed by atoms with Crippen LogP contribution in [0.25, 0.3) is 11.0 Å². The summed E-state index contributed by atoms with van der Waals surface area (Å²) in [4.78, 5) is 15.6. The second-order valence-corrected chi connectivity index (χ2v) is 3.89. The second kappa shape index (κ2) is 5.44. The molecule has 2 rings (SSSR count). The third kappa shape index (κ3) is 2.56. The van der Waals surface area contributed by atoms with Gasteiger partial charge >= 0.3 is 5.97 Å². The van der Waals surface area contributed by atoms with Gasteiger partial charge in [0.05, 0.1) is 13.0 Å². The van der Waals surface area contributed by atoms with Crippen molar-refractivity contribution in [3.05, 3.63) is 30.1 Å². The van der Waals surface area contributed by atoms with Gasteiger partial charge in [-0.25, -0.2) is 4.98 Å². The fourth-order valence-corrected chi connectivity index (χ4v) is 1.80. The molecule has 0 spiro atoms. The summed E-state index contributed by atoms with van der Waals surface area (Å²) >= 11 is 0. The molecule has 5 nitrogen and oxygen atoms in total. The molecule has 1 N–H and O–H groups in total. The van der Waals surface area contributed by atoms with E-state index in [4.69, 9.17) is 10.1 Å². The Labute approximate surface area is 105 Å². The largest absolute Gasteiger partial charge is 0.466 e. The average Bonchev–Trinajstić information content (AvgIpc) is 2.78. The topological polar surface area (TPSA) is 68.0 Å². The number of nitrogens with zero attached hydrogens (tertiary/aromatic N) is 2. The Morgan fingerprint density at radius 1 is 1.61 bits per heavy atom. The number of hydrogen-bond acceptors (Lipinski definition) is 4. The highest BCUT2D eigenvalue weighted by Crippen LogP contribution is 2.14. The maximum Gasteiger partial charge on any atom is 0.307 e. The molecule has 0 aromatic carbocycles. The van der Waals surface area contributed by atoms with Crippen LogP contribution in [0.3, 0.4) is 0 Å². The first-order valence-electron chi connectivity index (χ1n) is 5.85. The lowest BCUT2D eigenvalue weighted by atomic mass is 10.2. The number of aromatic nitrogens is 2. The van der Waals surface area contributed by atoms with Crippen LogP contribution in [0.2, 0.25) is 0 Å². The summed E-state index contributed by atoms with van der Waals surface area (Å²) in [7, 11) is 0. The lowest BCUT2D eigenvalue weighted by Gasteiger charge is -2.04. The Morgan fingerprint density at radius 2 is 2.44 bits per heavy atom. The molecular formula is C13H15N3O2. The van der Waals surface area contributed by atoms with Crippen LogP contribution in [-0.2, 0) is 16.1 Å². The van der Waals surface area contributed by atoms with Gasteiger partial charge in [-0.15, -0.1) is 0 Å². The standard InChI is InChI=1S/C13H15N3O2/c1-2-18-12(17)4-6-16-5-3-11-7-10(8-14)9-15-13(11)16/h3,5,7-9,14H,2,4,6H2,1H3. The molecule has 0 unspecified atom stereocenters. The van der Waals surface area contributed by atoms with Gasteiger partial charge in [-0.1, -0.05) is 0 Å². The molecule has 5 heteroatoms. The minimum absolute atomic E-state index is 0.199. The van der Waals surface area contributed by atoms with Crippen LogP contribution in [0, 0.1) is 5.41 Å². The van der Waals surface area contributed by atoms with Crippen molar-refractivity contribution in [1.29, 1.82) is 5.41 Å². The highest BCUT2D eigenvalue weighted by molar-refractivity contribution is 5.85. The van der Waals surface area contributed by atoms with Crippen molar-refractivity contribution in [1.82, 2.24) is 9.55 Å². The minimum Gasteiger partial charge on any atom is -0.466 e. The van der Waals surface area contributed by atoms with E-state index in [1.165, 1.54) is 6.21 Å². The Hall–Kier alpha value is -2.17. The second-order valence-electron chi connectivity index (χ2n) is 3.89. The van der Waals surface area contributed by atoms with Crippen LogP contribution in [-0.4, -0.2) is 28.3 Å². The molecule has 0 saturated heterocycles. The Kier molecular flexibility index (Phi) is 3.72. The summed E-state index contributed by atoms with van der Waals surface area (Å²) in [5.74, 6) is -0.199. The molecule has 0 aliphatic carbocycles. The average molecular weight is 245 g/mol. The smallest absolute Gasteiger partial charge is 0.307 e. The Bertz CT molecular complexity index is 575. The molecule has 0 aliphatic heterocycles. The summed E-state index contributed by atoms with van der Waals surface area (Å²) in [6.45, 7) is 2.76. The van der Waals surface area contributed by atoms with Crippen molar-refractivity contribution in [3.63, 3.8) is 0 Å². The molecule has 0 fully saturated rings. The van der Waals surface area contributed by atoms with Crippen molar-refractivity contribution in [3.8, 4) is 0 Å². The van der Waals surface area contributed by atoms with Gasteiger partial charge in [-0.3, -0.25) is 4.79 Å². The minimum atomic E-state index is -0.199. The summed E-state index contributed by atoms with van der Waals surface area (Å²) < 4.78 is 6.80. The zero-order valence-corrected chi connectivity index (χ0v) is 10.2. The molecule has 0 aliphatic rings. The van der Waals surface area contributed by atoms with Crippen LogP contribution in [0.1, 0.15) is 18.9 Å². The van der Waals surface area contributed by atoms with Crippen LogP contribution in [0.5, 0.6) is 0 Å². The third-order valence-electron chi connectivity index (χ3n) is 2.65. The van der Waals surface area contributed by atoms with Crippen LogP contribution >= 0.6 is 0 Å². The van der Waals surface area contributed by atoms with E-state index in [-0.39, 0.29) is 5.97 Å². The van der Waals surface area contributed by atoms with E-state index in [1.54, 1.807) is 13.1 Å². The number of carbonyl (C=O) groups excluding carboxylic acids is 1. The maximum absolute atomic E-state index is 11.3. The Morgan fingerprint density at radius 3 is 3.17 bits per heavy atom. The van der Waals surface area contributed by atoms with Crippen molar-refractivity contribution in [2.75, 3.05) is 6.61 Å². The van der Waals surface area contributed by atoms with Gasteiger partial charge in [0.1, 0.15) is 5.65 Å². The Balaban J connectivity index is 2.14. The number of pyridine rings is 1. The number of fused-ring (bicyclic) bond motifs is 1. The van der Waals surface area contributed by atoms with E-state index in [1.807, 2.05) is 22.9 Å². The molecule has 2 aromatic rings. The van der Waals surface area contributed by atoms with Crippen LogP contribution < -0.4 is 0 Å². The first kappa shape index (κ1) is 12.3. The van der Waals surface area contributed by atoms with Crippen molar-refractivity contribution in [2.24, 2.45) is 0 Å². The van der Waals surface area contributed by atoms with Gasteiger partial charge < -0.3 is 14.7 Å². The lowest BCUT2D eigenvalue weighted by Crippen LogP contribution is -2.08. The molecule has 2 heterocycles. The quantitative estimate of drug-likeness (QED) is 0.647. The van der Waals surface area contributed by atoms with Gasteiger partial charge in [0.25, 0.3) is 0 Å². The van der Waals surface area contributed by atoms with Crippen molar-refractivity contribution in [2.45, 2.75) is 19.9 Å². The molecule has 0 radical (unpaired) electrons. The monoisotopic (exact) mass is 245 g/mol. The molecule has 0 amide bonds. The first-order valence-corrected chi connectivity index (χ1v) is 5.85. The lowest BCUT2D eigenvalue weighted by molar-refractivity contribution is -0.143.